The molecule has 184 valence electrons. The Labute approximate surface area is 186 Å². The fourth-order valence-electron chi connectivity index (χ4n) is 2.77. The Hall–Kier alpha value is -2.84. The van der Waals surface area contributed by atoms with E-state index in [4.69, 9.17) is 9.47 Å². The van der Waals surface area contributed by atoms with Crippen LogP contribution in [-0.2, 0) is 20.8 Å². The van der Waals surface area contributed by atoms with Crippen LogP contribution in [0.5, 0.6) is 11.5 Å². The zero-order valence-electron chi connectivity index (χ0n) is 16.8. The third kappa shape index (κ3) is 7.91. The maximum absolute atomic E-state index is 13.6. The molecular weight excluding hydrogens is 488 g/mol. The molecule has 8 nitrogen and oxygen atoms in total. The molecule has 1 aromatic carbocycles. The monoisotopic (exact) mass is 505 g/mol. The first-order chi connectivity index (χ1) is 15.3. The summed E-state index contributed by atoms with van der Waals surface area (Å²) in [7, 11) is 0. The van der Waals surface area contributed by atoms with Gasteiger partial charge in [0.1, 0.15) is 24.7 Å². The maximum Gasteiger partial charge on any atom is 0.573 e. The van der Waals surface area contributed by atoms with Gasteiger partial charge in [0.05, 0.1) is 5.57 Å². The number of aryl methyl sites for hydroxylation is 1. The minimum Gasteiger partial charge on any atom is -0.475 e. The molecule has 33 heavy (non-hydrogen) atoms. The summed E-state index contributed by atoms with van der Waals surface area (Å²) >= 11 is 1.09. The van der Waals surface area contributed by atoms with Gasteiger partial charge in [-0.1, -0.05) is 6.92 Å². The van der Waals surface area contributed by atoms with E-state index < -0.39 is 41.0 Å². The van der Waals surface area contributed by atoms with Crippen LogP contribution >= 0.6 is 11.8 Å². The van der Waals surface area contributed by atoms with Gasteiger partial charge in [-0.25, -0.2) is 4.79 Å². The lowest BCUT2D eigenvalue weighted by Crippen LogP contribution is -2.41. The topological polar surface area (TPSA) is 97.1 Å². The third-order valence-corrected chi connectivity index (χ3v) is 4.94. The summed E-state index contributed by atoms with van der Waals surface area (Å²) in [4.78, 5) is 26.4. The minimum absolute atomic E-state index is 0.0259. The summed E-state index contributed by atoms with van der Waals surface area (Å²) < 4.78 is 92.1. The highest BCUT2D eigenvalue weighted by Crippen LogP contribution is 2.42. The van der Waals surface area contributed by atoms with E-state index in [-0.39, 0.29) is 48.0 Å². The second-order valence-electron chi connectivity index (χ2n) is 6.35. The van der Waals surface area contributed by atoms with E-state index >= 15 is 0 Å². The summed E-state index contributed by atoms with van der Waals surface area (Å²) in [6.07, 6.45) is -11.9. The lowest BCUT2D eigenvalue weighted by Gasteiger charge is -2.29. The van der Waals surface area contributed by atoms with Gasteiger partial charge < -0.3 is 19.0 Å². The largest absolute Gasteiger partial charge is 0.573 e. The Morgan fingerprint density at radius 2 is 1.85 bits per heavy atom. The van der Waals surface area contributed by atoms with Crippen molar-refractivity contribution < 1.29 is 55.3 Å². The molecule has 0 amide bonds. The van der Waals surface area contributed by atoms with E-state index in [0.29, 0.717) is 0 Å². The number of fused-ring (bicyclic) bond motifs is 1. The maximum atomic E-state index is 13.6. The number of hydrogen-bond acceptors (Lipinski definition) is 8. The Morgan fingerprint density at radius 1 is 1.18 bits per heavy atom. The van der Waals surface area contributed by atoms with Gasteiger partial charge in [-0.15, -0.1) is 23.3 Å². The van der Waals surface area contributed by atoms with Gasteiger partial charge in [-0.3, -0.25) is 0 Å². The zero-order chi connectivity index (χ0) is 24.8. The van der Waals surface area contributed by atoms with Crippen LogP contribution in [-0.4, -0.2) is 54.4 Å². The van der Waals surface area contributed by atoms with Crippen LogP contribution in [0.3, 0.4) is 0 Å². The van der Waals surface area contributed by atoms with Crippen molar-refractivity contribution in [3.8, 4) is 11.5 Å². The molecule has 15 heteroatoms. The Balaban J connectivity index is 2.20. The van der Waals surface area contributed by atoms with Crippen LogP contribution in [0.15, 0.2) is 17.7 Å². The number of esters is 1. The van der Waals surface area contributed by atoms with E-state index in [0.717, 1.165) is 30.0 Å². The molecule has 0 radical (unpaired) electrons. The van der Waals surface area contributed by atoms with Gasteiger partial charge in [0, 0.05) is 17.1 Å². The molecular formula is C18H17F6NO7S. The van der Waals surface area contributed by atoms with Crippen LogP contribution in [0.4, 0.5) is 26.3 Å². The zero-order valence-corrected chi connectivity index (χ0v) is 17.6. The molecule has 0 saturated heterocycles. The van der Waals surface area contributed by atoms with Gasteiger partial charge >= 0.3 is 18.5 Å². The van der Waals surface area contributed by atoms with Gasteiger partial charge in [0.25, 0.3) is 5.09 Å². The highest BCUT2D eigenvalue weighted by Gasteiger charge is 2.49. The molecule has 1 aliphatic heterocycles. The van der Waals surface area contributed by atoms with Crippen molar-refractivity contribution in [2.24, 2.45) is 0 Å². The average molecular weight is 505 g/mol. The number of benzene rings is 1. The van der Waals surface area contributed by atoms with Gasteiger partial charge in [-0.05, 0) is 30.2 Å². The molecule has 0 fully saturated rings. The van der Waals surface area contributed by atoms with Crippen molar-refractivity contribution >= 4 is 23.8 Å². The van der Waals surface area contributed by atoms with Gasteiger partial charge in [0.15, 0.2) is 0 Å². The first kappa shape index (κ1) is 26.4. The minimum atomic E-state index is -5.03. The molecule has 0 saturated carbocycles. The number of hydrogen-bond donors (Lipinski definition) is 0. The van der Waals surface area contributed by atoms with Crippen molar-refractivity contribution in [2.75, 3.05) is 24.7 Å². The molecule has 1 atom stereocenters. The predicted molar refractivity (Wildman–Crippen MR) is 102 cm³/mol. The van der Waals surface area contributed by atoms with Crippen LogP contribution in [0.1, 0.15) is 18.1 Å². The van der Waals surface area contributed by atoms with Crippen LogP contribution < -0.4 is 9.47 Å². The summed E-state index contributed by atoms with van der Waals surface area (Å²) in [5.74, 6) is -2.08. The molecule has 1 aliphatic rings. The van der Waals surface area contributed by atoms with E-state index in [9.17, 15) is 41.3 Å². The first-order valence-electron chi connectivity index (χ1n) is 9.21. The quantitative estimate of drug-likeness (QED) is 0.152. The summed E-state index contributed by atoms with van der Waals surface area (Å²) in [6.45, 7) is 0.953. The lowest BCUT2D eigenvalue weighted by molar-refractivity contribution is -0.756. The second-order valence-corrected chi connectivity index (χ2v) is 7.57. The summed E-state index contributed by atoms with van der Waals surface area (Å²) in [5, 5.41) is 9.03. The van der Waals surface area contributed by atoms with Crippen molar-refractivity contribution in [2.45, 2.75) is 32.0 Å². The lowest BCUT2D eigenvalue weighted by atomic mass is 9.97. The molecule has 1 heterocycles. The van der Waals surface area contributed by atoms with Crippen molar-refractivity contribution in [1.29, 1.82) is 0 Å². The summed E-state index contributed by atoms with van der Waals surface area (Å²) in [6, 6.07) is 1.73. The molecule has 0 spiro atoms. The Morgan fingerprint density at radius 3 is 2.42 bits per heavy atom. The number of alkyl halides is 6. The molecule has 0 N–H and O–H groups in total. The number of carbonyl (C=O) groups excluding carboxylic acids is 1. The fraction of sp³-hybridized carbons (Fsp3) is 0.500. The van der Waals surface area contributed by atoms with E-state index in [2.05, 4.69) is 9.57 Å². The SMILES string of the molecule is CCc1cc(OC(F)(F)F)cc2c1OC(C(F)(F)F)C(C(=O)OCCSCCO[N+](=O)[O-])=C2. The molecule has 0 bridgehead atoms. The highest BCUT2D eigenvalue weighted by molar-refractivity contribution is 7.99. The number of ether oxygens (including phenoxy) is 3. The normalized spacial score (nSPS) is 15.7. The van der Waals surface area contributed by atoms with Gasteiger partial charge in [-0.2, -0.15) is 24.9 Å². The number of halogens is 6. The van der Waals surface area contributed by atoms with E-state index in [1.54, 1.807) is 0 Å². The molecule has 1 aromatic rings. The average Bonchev–Trinajstić information content (AvgIpc) is 2.69. The molecule has 2 rings (SSSR count). The van der Waals surface area contributed by atoms with E-state index in [1.165, 1.54) is 6.92 Å². The number of rotatable bonds is 10. The van der Waals surface area contributed by atoms with Crippen molar-refractivity contribution in [3.63, 3.8) is 0 Å². The number of nitrogens with zero attached hydrogens (tertiary/aromatic N) is 1. The molecule has 1 unspecified atom stereocenters. The van der Waals surface area contributed by atoms with Crippen molar-refractivity contribution in [3.05, 3.63) is 38.9 Å². The Kier molecular flexibility index (Phi) is 8.69. The standard InChI is InChI=1S/C18H17F6NO7S/c1-2-10-7-12(32-18(22,23)24)8-11-9-13(15(17(19,20)21)31-14(10)11)16(26)29-3-5-33-6-4-30-25(27)28/h7-9,15H,2-6H2,1H3. The van der Waals surface area contributed by atoms with E-state index in [1.807, 2.05) is 0 Å². The smallest absolute Gasteiger partial charge is 0.475 e. The molecule has 0 aromatic heterocycles. The Bertz CT molecular complexity index is 903. The van der Waals surface area contributed by atoms with Crippen LogP contribution in [0, 0.1) is 10.1 Å². The second kappa shape index (κ2) is 10.9. The number of carbonyl (C=O) groups is 1. The first-order valence-corrected chi connectivity index (χ1v) is 10.4. The number of thioether (sulfide) groups is 1. The third-order valence-electron chi connectivity index (χ3n) is 4.03. The summed E-state index contributed by atoms with van der Waals surface area (Å²) in [5.41, 5.74) is -1.12. The van der Waals surface area contributed by atoms with Crippen LogP contribution in [0.2, 0.25) is 0 Å². The fourth-order valence-corrected chi connectivity index (χ4v) is 3.37. The van der Waals surface area contributed by atoms with Crippen molar-refractivity contribution in [1.82, 2.24) is 0 Å². The van der Waals surface area contributed by atoms with Crippen LogP contribution in [0.25, 0.3) is 6.08 Å². The van der Waals surface area contributed by atoms with Gasteiger partial charge in [0.2, 0.25) is 6.10 Å². The predicted octanol–water partition coefficient (Wildman–Crippen LogP) is 4.34. The highest BCUT2D eigenvalue weighted by atomic mass is 32.2. The molecule has 0 aliphatic carbocycles.